The zero-order valence-electron chi connectivity index (χ0n) is 11.6. The number of anilines is 1. The maximum atomic E-state index is 12.0. The van der Waals surface area contributed by atoms with Gasteiger partial charge in [0, 0.05) is 38.1 Å². The van der Waals surface area contributed by atoms with Crippen LogP contribution in [-0.2, 0) is 10.0 Å². The van der Waals surface area contributed by atoms with Crippen molar-refractivity contribution in [2.75, 3.05) is 25.0 Å². The van der Waals surface area contributed by atoms with E-state index in [1.165, 1.54) is 18.3 Å². The molecule has 0 atom stereocenters. The quantitative estimate of drug-likeness (QED) is 0.826. The highest BCUT2D eigenvalue weighted by atomic mass is 32.2. The number of para-hydroxylation sites is 1. The van der Waals surface area contributed by atoms with E-state index in [9.17, 15) is 13.2 Å². The monoisotopic (exact) mass is 307 g/mol. The van der Waals surface area contributed by atoms with Gasteiger partial charge in [-0.2, -0.15) is 0 Å². The third-order valence-electron chi connectivity index (χ3n) is 3.00. The van der Waals surface area contributed by atoms with Crippen LogP contribution in [0.1, 0.15) is 0 Å². The molecule has 6 nitrogen and oxygen atoms in total. The first-order valence-electron chi connectivity index (χ1n) is 6.44. The maximum Gasteiger partial charge on any atom is 0.247 e. The first-order valence-corrected chi connectivity index (χ1v) is 7.92. The lowest BCUT2D eigenvalue weighted by atomic mass is 10.3. The minimum atomic E-state index is -3.60. The summed E-state index contributed by atoms with van der Waals surface area (Å²) in [4.78, 5) is 15.3. The average molecular weight is 307 g/mol. The molecule has 0 fully saturated rings. The molecule has 7 heteroatoms. The largest absolute Gasteiger partial charge is 0.373 e. The summed E-state index contributed by atoms with van der Waals surface area (Å²) in [7, 11) is -1.71. The smallest absolute Gasteiger partial charge is 0.247 e. The summed E-state index contributed by atoms with van der Waals surface area (Å²) in [5.41, 5.74) is 0.679. The van der Waals surface area contributed by atoms with Crippen molar-refractivity contribution in [2.24, 2.45) is 0 Å². The first-order chi connectivity index (χ1) is 9.99. The van der Waals surface area contributed by atoms with Crippen LogP contribution in [0.15, 0.2) is 58.4 Å². The first kappa shape index (κ1) is 15.3. The highest BCUT2D eigenvalue weighted by Crippen LogP contribution is 2.10. The number of nitrogens with zero attached hydrogens (tertiary/aromatic N) is 1. The molecule has 1 aromatic heterocycles. The number of hydrogen-bond donors (Lipinski definition) is 2. The number of likely N-dealkylation sites (N-methyl/N-ethyl adjacent to an activating group) is 1. The number of aromatic nitrogens is 1. The third kappa shape index (κ3) is 4.17. The van der Waals surface area contributed by atoms with E-state index < -0.39 is 10.0 Å². The van der Waals surface area contributed by atoms with Crippen LogP contribution in [0.5, 0.6) is 0 Å². The lowest BCUT2D eigenvalue weighted by Crippen LogP contribution is -2.33. The number of benzene rings is 1. The molecule has 0 saturated carbocycles. The molecule has 0 bridgehead atoms. The molecular formula is C14H17N3O3S. The lowest BCUT2D eigenvalue weighted by molar-refractivity contribution is 0.581. The summed E-state index contributed by atoms with van der Waals surface area (Å²) < 4.78 is 26.5. The number of hydrogen-bond acceptors (Lipinski definition) is 4. The molecule has 0 radical (unpaired) electrons. The molecule has 2 N–H and O–H groups in total. The van der Waals surface area contributed by atoms with Gasteiger partial charge in [-0.15, -0.1) is 0 Å². The van der Waals surface area contributed by atoms with Gasteiger partial charge in [-0.3, -0.25) is 4.79 Å². The van der Waals surface area contributed by atoms with Gasteiger partial charge in [0.15, 0.2) is 0 Å². The number of nitrogens with one attached hydrogen (secondary N) is 2. The highest BCUT2D eigenvalue weighted by Gasteiger charge is 2.13. The molecule has 1 aromatic carbocycles. The fraction of sp³-hybridized carbons (Fsp3) is 0.214. The van der Waals surface area contributed by atoms with Crippen LogP contribution < -0.4 is 15.2 Å². The van der Waals surface area contributed by atoms with E-state index in [-0.39, 0.29) is 17.0 Å². The molecule has 21 heavy (non-hydrogen) atoms. The number of pyridine rings is 1. The minimum Gasteiger partial charge on any atom is -0.373 e. The molecule has 0 spiro atoms. The molecule has 0 aliphatic carbocycles. The Morgan fingerprint density at radius 3 is 2.48 bits per heavy atom. The Bertz CT molecular complexity index is 721. The van der Waals surface area contributed by atoms with E-state index in [1.54, 1.807) is 0 Å². The Morgan fingerprint density at radius 1 is 1.14 bits per heavy atom. The third-order valence-corrected chi connectivity index (χ3v) is 4.46. The van der Waals surface area contributed by atoms with E-state index in [1.807, 2.05) is 42.3 Å². The Kier molecular flexibility index (Phi) is 4.77. The Balaban J connectivity index is 1.93. The van der Waals surface area contributed by atoms with Crippen LogP contribution in [0.3, 0.4) is 0 Å². The molecule has 112 valence electrons. The molecular weight excluding hydrogens is 290 g/mol. The van der Waals surface area contributed by atoms with E-state index in [4.69, 9.17) is 0 Å². The molecule has 0 aliphatic heterocycles. The van der Waals surface area contributed by atoms with E-state index in [0.717, 1.165) is 5.69 Å². The number of sulfonamides is 1. The van der Waals surface area contributed by atoms with Gasteiger partial charge < -0.3 is 9.88 Å². The summed E-state index contributed by atoms with van der Waals surface area (Å²) in [5.74, 6) is 0. The molecule has 1 heterocycles. The minimum absolute atomic E-state index is 0.0458. The van der Waals surface area contributed by atoms with Crippen molar-refractivity contribution in [1.29, 1.82) is 0 Å². The molecule has 0 unspecified atom stereocenters. The maximum absolute atomic E-state index is 12.0. The summed E-state index contributed by atoms with van der Waals surface area (Å²) in [6, 6.07) is 12.2. The zero-order chi connectivity index (χ0) is 15.3. The van der Waals surface area contributed by atoms with Crippen molar-refractivity contribution < 1.29 is 8.42 Å². The van der Waals surface area contributed by atoms with Crippen molar-refractivity contribution in [2.45, 2.75) is 4.90 Å². The second-order valence-electron chi connectivity index (χ2n) is 4.54. The lowest BCUT2D eigenvalue weighted by Gasteiger charge is -2.19. The van der Waals surface area contributed by atoms with Crippen LogP contribution in [0.2, 0.25) is 0 Å². The zero-order valence-corrected chi connectivity index (χ0v) is 12.4. The summed E-state index contributed by atoms with van der Waals surface area (Å²) in [6.45, 7) is 0.805. The molecule has 0 saturated heterocycles. The van der Waals surface area contributed by atoms with Crippen molar-refractivity contribution in [3.63, 3.8) is 0 Å². The van der Waals surface area contributed by atoms with E-state index >= 15 is 0 Å². The Morgan fingerprint density at radius 2 is 1.86 bits per heavy atom. The Labute approximate surface area is 123 Å². The van der Waals surface area contributed by atoms with Crippen molar-refractivity contribution >= 4 is 15.7 Å². The van der Waals surface area contributed by atoms with Gasteiger partial charge in [0.2, 0.25) is 15.6 Å². The number of rotatable bonds is 6. The number of aromatic amines is 1. The standard InChI is InChI=1S/C14H17N3O3S/c1-17(12-5-3-2-4-6-12)10-9-16-21(19,20)13-7-8-14(18)15-11-13/h2-8,11,16H,9-10H2,1H3,(H,15,18). The van der Waals surface area contributed by atoms with E-state index in [2.05, 4.69) is 9.71 Å². The van der Waals surface area contributed by atoms with Gasteiger partial charge in [0.1, 0.15) is 0 Å². The molecule has 2 aromatic rings. The number of H-pyrrole nitrogens is 1. The predicted octanol–water partition coefficient (Wildman–Crippen LogP) is 0.790. The summed E-state index contributed by atoms with van der Waals surface area (Å²) >= 11 is 0. The molecule has 2 rings (SSSR count). The van der Waals surface area contributed by atoms with Gasteiger partial charge >= 0.3 is 0 Å². The molecule has 0 aliphatic rings. The van der Waals surface area contributed by atoms with Crippen LogP contribution in [0.25, 0.3) is 0 Å². The van der Waals surface area contributed by atoms with Gasteiger partial charge in [0.25, 0.3) is 0 Å². The summed E-state index contributed by atoms with van der Waals surface area (Å²) in [5, 5.41) is 0. The van der Waals surface area contributed by atoms with E-state index in [0.29, 0.717) is 6.54 Å². The van der Waals surface area contributed by atoms with Crippen LogP contribution in [-0.4, -0.2) is 33.5 Å². The van der Waals surface area contributed by atoms with Crippen LogP contribution in [0.4, 0.5) is 5.69 Å². The second kappa shape index (κ2) is 6.55. The summed E-state index contributed by atoms with van der Waals surface area (Å²) in [6.07, 6.45) is 1.19. The van der Waals surface area contributed by atoms with Gasteiger partial charge in [-0.05, 0) is 18.2 Å². The van der Waals surface area contributed by atoms with Crippen molar-refractivity contribution in [3.8, 4) is 0 Å². The fourth-order valence-corrected chi connectivity index (χ4v) is 2.79. The highest BCUT2D eigenvalue weighted by molar-refractivity contribution is 7.89. The normalized spacial score (nSPS) is 11.3. The van der Waals surface area contributed by atoms with Gasteiger partial charge in [-0.1, -0.05) is 18.2 Å². The van der Waals surface area contributed by atoms with Crippen LogP contribution in [0, 0.1) is 0 Å². The Hall–Kier alpha value is -2.12. The van der Waals surface area contributed by atoms with Crippen LogP contribution >= 0.6 is 0 Å². The van der Waals surface area contributed by atoms with Gasteiger partial charge in [-0.25, -0.2) is 13.1 Å². The van der Waals surface area contributed by atoms with Crippen molar-refractivity contribution in [1.82, 2.24) is 9.71 Å². The predicted molar refractivity (Wildman–Crippen MR) is 82.0 cm³/mol. The SMILES string of the molecule is CN(CCNS(=O)(=O)c1ccc(=O)[nH]c1)c1ccccc1. The fourth-order valence-electron chi connectivity index (χ4n) is 1.81. The second-order valence-corrected chi connectivity index (χ2v) is 6.31. The average Bonchev–Trinajstić information content (AvgIpc) is 2.48. The molecule has 0 amide bonds. The van der Waals surface area contributed by atoms with Crippen molar-refractivity contribution in [3.05, 3.63) is 59.0 Å². The topological polar surface area (TPSA) is 82.3 Å². The van der Waals surface area contributed by atoms with Gasteiger partial charge in [0.05, 0.1) is 4.90 Å².